The first-order valence-corrected chi connectivity index (χ1v) is 15.5. The lowest BCUT2D eigenvalue weighted by molar-refractivity contribution is -0.137. The van der Waals surface area contributed by atoms with Crippen LogP contribution in [0.1, 0.15) is 30.5 Å². The molecule has 0 spiro atoms. The molecule has 13 heteroatoms. The molecule has 0 fully saturated rings. The lowest BCUT2D eigenvalue weighted by Gasteiger charge is -2.34. The maximum Gasteiger partial charge on any atom is 0.416 e. The Morgan fingerprint density at radius 2 is 1.75 bits per heavy atom. The number of rotatable bonds is 9. The quantitative estimate of drug-likeness (QED) is 0.323. The van der Waals surface area contributed by atoms with Crippen LogP contribution in [0.5, 0.6) is 5.75 Å². The minimum absolute atomic E-state index is 0.118. The number of ether oxygens (including phenoxy) is 1. The number of nitrogens with zero attached hydrogens (tertiary/aromatic N) is 2. The third kappa shape index (κ3) is 8.27. The minimum atomic E-state index is -4.42. The van der Waals surface area contributed by atoms with Gasteiger partial charge in [0, 0.05) is 36.8 Å². The van der Waals surface area contributed by atoms with Gasteiger partial charge >= 0.3 is 6.18 Å². The van der Waals surface area contributed by atoms with Gasteiger partial charge in [0.25, 0.3) is 10.0 Å². The third-order valence-electron chi connectivity index (χ3n) is 7.52. The maximum absolute atomic E-state index is 13.4. The summed E-state index contributed by atoms with van der Waals surface area (Å²) < 4.78 is 87.0. The summed E-state index contributed by atoms with van der Waals surface area (Å²) in [7, 11) is -2.24. The van der Waals surface area contributed by atoms with Crippen LogP contribution >= 0.6 is 0 Å². The molecule has 238 valence electrons. The second-order valence-electron chi connectivity index (χ2n) is 11.2. The molecule has 0 saturated heterocycles. The normalized spacial score (nSPS) is 18.6. The highest BCUT2D eigenvalue weighted by molar-refractivity contribution is 7.92. The van der Waals surface area contributed by atoms with Crippen LogP contribution in [0.15, 0.2) is 71.6 Å². The number of carbonyl (C=O) groups excluding carboxylic acids is 1. The molecule has 0 saturated carbocycles. The van der Waals surface area contributed by atoms with Crippen molar-refractivity contribution in [2.45, 2.75) is 50.0 Å². The Morgan fingerprint density at radius 3 is 2.36 bits per heavy atom. The number of nitrogens with one attached hydrogen (secondary N) is 1. The van der Waals surface area contributed by atoms with Crippen LogP contribution in [0.25, 0.3) is 0 Å². The summed E-state index contributed by atoms with van der Waals surface area (Å²) in [6.45, 7) is 4.35. The zero-order valence-corrected chi connectivity index (χ0v) is 25.3. The predicted octanol–water partition coefficient (Wildman–Crippen LogP) is 4.93. The van der Waals surface area contributed by atoms with Gasteiger partial charge in [-0.05, 0) is 74.1 Å². The van der Waals surface area contributed by atoms with Gasteiger partial charge in [-0.1, -0.05) is 19.1 Å². The molecule has 0 aliphatic carbocycles. The number of sulfonamides is 1. The van der Waals surface area contributed by atoms with Crippen molar-refractivity contribution in [3.8, 4) is 5.75 Å². The van der Waals surface area contributed by atoms with E-state index in [1.807, 2.05) is 18.9 Å². The summed E-state index contributed by atoms with van der Waals surface area (Å²) in [5, 5.41) is 9.86. The topological polar surface area (TPSA) is 99.2 Å². The molecule has 3 aromatic carbocycles. The van der Waals surface area contributed by atoms with E-state index in [1.54, 1.807) is 17.9 Å². The van der Waals surface area contributed by atoms with Gasteiger partial charge in [-0.25, -0.2) is 12.8 Å². The van der Waals surface area contributed by atoms with E-state index in [9.17, 15) is 35.9 Å². The number of alkyl halides is 3. The molecular weight excluding hydrogens is 602 g/mol. The number of benzene rings is 3. The fraction of sp³-hybridized carbons (Fsp3) is 0.387. The molecule has 0 bridgehead atoms. The number of hydrogen-bond acceptors (Lipinski definition) is 6. The van der Waals surface area contributed by atoms with E-state index in [0.29, 0.717) is 30.0 Å². The van der Waals surface area contributed by atoms with Crippen LogP contribution in [0.4, 0.5) is 23.2 Å². The van der Waals surface area contributed by atoms with E-state index in [-0.39, 0.29) is 42.0 Å². The van der Waals surface area contributed by atoms with Crippen LogP contribution in [0.3, 0.4) is 0 Å². The molecule has 0 unspecified atom stereocenters. The van der Waals surface area contributed by atoms with Crippen LogP contribution in [-0.2, 0) is 34.0 Å². The first-order valence-electron chi connectivity index (χ1n) is 14.0. The molecule has 0 aromatic heterocycles. The molecule has 1 amide bonds. The van der Waals surface area contributed by atoms with Crippen molar-refractivity contribution in [3.63, 3.8) is 0 Å². The number of fused-ring (bicyclic) bond motifs is 1. The lowest BCUT2D eigenvalue weighted by Crippen LogP contribution is -2.47. The molecule has 0 radical (unpaired) electrons. The van der Waals surface area contributed by atoms with Gasteiger partial charge in [-0.3, -0.25) is 14.4 Å². The van der Waals surface area contributed by atoms with Crippen molar-refractivity contribution in [3.05, 3.63) is 89.2 Å². The summed E-state index contributed by atoms with van der Waals surface area (Å²) in [4.78, 5) is 16.8. The third-order valence-corrected chi connectivity index (χ3v) is 8.92. The van der Waals surface area contributed by atoms with E-state index in [0.717, 1.165) is 36.4 Å². The molecule has 8 nitrogen and oxygen atoms in total. The highest BCUT2D eigenvalue weighted by atomic mass is 32.2. The number of aliphatic hydroxyl groups excluding tert-OH is 1. The van der Waals surface area contributed by atoms with E-state index in [4.69, 9.17) is 4.74 Å². The van der Waals surface area contributed by atoms with Crippen molar-refractivity contribution >= 4 is 21.6 Å². The highest BCUT2D eigenvalue weighted by Crippen LogP contribution is 2.31. The van der Waals surface area contributed by atoms with Gasteiger partial charge in [0.05, 0.1) is 29.5 Å². The number of halogens is 4. The number of amides is 1. The largest absolute Gasteiger partial charge is 0.488 e. The molecule has 2 N–H and O–H groups in total. The van der Waals surface area contributed by atoms with Crippen molar-refractivity contribution in [1.29, 1.82) is 0 Å². The van der Waals surface area contributed by atoms with Gasteiger partial charge < -0.3 is 14.7 Å². The fourth-order valence-corrected chi connectivity index (χ4v) is 6.07. The highest BCUT2D eigenvalue weighted by Gasteiger charge is 2.32. The first-order chi connectivity index (χ1) is 20.7. The van der Waals surface area contributed by atoms with Crippen molar-refractivity contribution in [2.24, 2.45) is 5.92 Å². The maximum atomic E-state index is 13.4. The minimum Gasteiger partial charge on any atom is -0.488 e. The Kier molecular flexibility index (Phi) is 10.2. The monoisotopic (exact) mass is 637 g/mol. The zero-order chi connectivity index (χ0) is 32.2. The fourth-order valence-electron chi connectivity index (χ4n) is 5.02. The number of anilines is 1. The SMILES string of the molecule is C[C@@H]1CN([C@@H](C)CO)C(=O)Cc2cc(NS(=O)(=O)c3ccc(F)cc3)ccc2O[C@H]1CN(C)Cc1ccc(C(F)(F)F)cc1. The molecule has 3 atom stereocenters. The molecule has 1 aliphatic rings. The summed E-state index contributed by atoms with van der Waals surface area (Å²) >= 11 is 0. The van der Waals surface area contributed by atoms with E-state index >= 15 is 0 Å². The molecular formula is C31H35F4N3O5S. The van der Waals surface area contributed by atoms with Gasteiger partial charge in [0.2, 0.25) is 5.91 Å². The van der Waals surface area contributed by atoms with Crippen LogP contribution in [0, 0.1) is 11.7 Å². The summed E-state index contributed by atoms with van der Waals surface area (Å²) in [5.74, 6) is -0.695. The molecule has 4 rings (SSSR count). The van der Waals surface area contributed by atoms with Crippen molar-refractivity contribution < 1.29 is 40.6 Å². The van der Waals surface area contributed by atoms with Gasteiger partial charge in [0.15, 0.2) is 0 Å². The first kappa shape index (κ1) is 33.2. The summed E-state index contributed by atoms with van der Waals surface area (Å²) in [6, 6.07) is 13.4. The van der Waals surface area contributed by atoms with Crippen LogP contribution < -0.4 is 9.46 Å². The van der Waals surface area contributed by atoms with Crippen molar-refractivity contribution in [1.82, 2.24) is 9.80 Å². The Balaban J connectivity index is 1.60. The molecule has 3 aromatic rings. The lowest BCUT2D eigenvalue weighted by atomic mass is 10.0. The Hall–Kier alpha value is -3.68. The smallest absolute Gasteiger partial charge is 0.416 e. The Bertz CT molecular complexity index is 1550. The zero-order valence-electron chi connectivity index (χ0n) is 24.5. The van der Waals surface area contributed by atoms with Crippen molar-refractivity contribution in [2.75, 3.05) is 31.5 Å². The van der Waals surface area contributed by atoms with Crippen LogP contribution in [-0.4, -0.2) is 68.1 Å². The van der Waals surface area contributed by atoms with Gasteiger partial charge in [-0.15, -0.1) is 0 Å². The van der Waals surface area contributed by atoms with E-state index in [2.05, 4.69) is 4.72 Å². The Morgan fingerprint density at radius 1 is 1.09 bits per heavy atom. The number of aliphatic hydroxyl groups is 1. The van der Waals surface area contributed by atoms with Gasteiger partial charge in [-0.2, -0.15) is 13.2 Å². The average Bonchev–Trinajstić information content (AvgIpc) is 3.00. The number of hydrogen-bond donors (Lipinski definition) is 2. The Labute approximate surface area is 254 Å². The van der Waals surface area contributed by atoms with E-state index < -0.39 is 39.7 Å². The standard InChI is InChI=1S/C31H35F4N3O5S/c1-20-16-38(21(2)19-39)30(40)15-23-14-26(36-44(41,42)27-11-8-25(32)9-12-27)10-13-28(23)43-29(20)18-37(3)17-22-4-6-24(7-5-22)31(33,34)35/h4-14,20-21,29,36,39H,15-19H2,1-3H3/t20-,21+,29+/m1/s1. The van der Waals surface area contributed by atoms with E-state index in [1.165, 1.54) is 24.3 Å². The average molecular weight is 638 g/mol. The molecule has 1 aliphatic heterocycles. The van der Waals surface area contributed by atoms with Crippen LogP contribution in [0.2, 0.25) is 0 Å². The molecule has 44 heavy (non-hydrogen) atoms. The predicted molar refractivity (Wildman–Crippen MR) is 157 cm³/mol. The second-order valence-corrected chi connectivity index (χ2v) is 12.8. The summed E-state index contributed by atoms with van der Waals surface area (Å²) in [5.41, 5.74) is 0.555. The molecule has 1 heterocycles. The van der Waals surface area contributed by atoms with Gasteiger partial charge in [0.1, 0.15) is 17.7 Å². The number of carbonyl (C=O) groups is 1. The second kappa shape index (κ2) is 13.5. The summed E-state index contributed by atoms with van der Waals surface area (Å²) in [6.07, 6.45) is -5.02. The number of likely N-dealkylation sites (N-methyl/N-ethyl adjacent to an activating group) is 1.